The van der Waals surface area contributed by atoms with Crippen LogP contribution in [0.15, 0.2) is 18.2 Å². The summed E-state index contributed by atoms with van der Waals surface area (Å²) in [5.41, 5.74) is 0.919. The molecule has 0 bridgehead atoms. The van der Waals surface area contributed by atoms with E-state index in [1.54, 1.807) is 24.0 Å². The standard InChI is InChI=1S/C15H18FNO3/c1-11-3-4-12(13(16)9-11)14(18)17-6-2-5-15(10-17)19-7-8-20-15/h3-4,9H,2,5-8,10H2,1H3. The molecule has 0 unspecified atom stereocenters. The molecular weight excluding hydrogens is 261 g/mol. The van der Waals surface area contributed by atoms with Gasteiger partial charge in [-0.25, -0.2) is 4.39 Å². The van der Waals surface area contributed by atoms with Gasteiger partial charge in [-0.2, -0.15) is 0 Å². The Labute approximate surface area is 117 Å². The third-order valence-corrected chi connectivity index (χ3v) is 3.87. The molecule has 2 aliphatic heterocycles. The number of carbonyl (C=O) groups excluding carboxylic acids is 1. The van der Waals surface area contributed by atoms with E-state index in [4.69, 9.17) is 9.47 Å². The van der Waals surface area contributed by atoms with Gasteiger partial charge in [-0.3, -0.25) is 4.79 Å². The Hall–Kier alpha value is -1.46. The van der Waals surface area contributed by atoms with Gasteiger partial charge in [0.25, 0.3) is 5.91 Å². The number of benzene rings is 1. The minimum absolute atomic E-state index is 0.116. The molecule has 0 aromatic heterocycles. The topological polar surface area (TPSA) is 38.8 Å². The average molecular weight is 279 g/mol. The number of likely N-dealkylation sites (tertiary alicyclic amines) is 1. The lowest BCUT2D eigenvalue weighted by atomic mass is 10.0. The van der Waals surface area contributed by atoms with Gasteiger partial charge in [0.2, 0.25) is 0 Å². The Kier molecular flexibility index (Phi) is 3.48. The second kappa shape index (κ2) is 5.14. The van der Waals surface area contributed by atoms with E-state index in [2.05, 4.69) is 0 Å². The zero-order chi connectivity index (χ0) is 14.2. The number of carbonyl (C=O) groups is 1. The van der Waals surface area contributed by atoms with E-state index < -0.39 is 11.6 Å². The zero-order valence-corrected chi connectivity index (χ0v) is 11.5. The van der Waals surface area contributed by atoms with Crippen molar-refractivity contribution in [2.75, 3.05) is 26.3 Å². The normalized spacial score (nSPS) is 21.4. The summed E-state index contributed by atoms with van der Waals surface area (Å²) in [5, 5.41) is 0. The van der Waals surface area contributed by atoms with E-state index in [1.165, 1.54) is 6.07 Å². The summed E-state index contributed by atoms with van der Waals surface area (Å²) in [7, 11) is 0. The molecule has 0 saturated carbocycles. The number of hydrogen-bond donors (Lipinski definition) is 0. The Morgan fingerprint density at radius 2 is 2.10 bits per heavy atom. The third-order valence-electron chi connectivity index (χ3n) is 3.87. The van der Waals surface area contributed by atoms with Crippen LogP contribution in [0.1, 0.15) is 28.8 Å². The van der Waals surface area contributed by atoms with Gasteiger partial charge in [0.1, 0.15) is 5.82 Å². The minimum atomic E-state index is -0.672. The first-order valence-corrected chi connectivity index (χ1v) is 6.93. The molecule has 2 aliphatic rings. The van der Waals surface area contributed by atoms with Crippen molar-refractivity contribution >= 4 is 5.91 Å². The van der Waals surface area contributed by atoms with Gasteiger partial charge >= 0.3 is 0 Å². The molecule has 2 saturated heterocycles. The Bertz CT molecular complexity index is 526. The van der Waals surface area contributed by atoms with Crippen LogP contribution in [0.3, 0.4) is 0 Å². The quantitative estimate of drug-likeness (QED) is 0.790. The van der Waals surface area contributed by atoms with Gasteiger partial charge in [-0.15, -0.1) is 0 Å². The summed E-state index contributed by atoms with van der Waals surface area (Å²) >= 11 is 0. The highest BCUT2D eigenvalue weighted by Gasteiger charge is 2.42. The lowest BCUT2D eigenvalue weighted by Crippen LogP contribution is -2.51. The molecule has 1 amide bonds. The molecule has 3 rings (SSSR count). The van der Waals surface area contributed by atoms with E-state index >= 15 is 0 Å². The fraction of sp³-hybridized carbons (Fsp3) is 0.533. The fourth-order valence-corrected chi connectivity index (χ4v) is 2.86. The first-order valence-electron chi connectivity index (χ1n) is 6.93. The van der Waals surface area contributed by atoms with Crippen molar-refractivity contribution in [2.45, 2.75) is 25.6 Å². The molecule has 108 valence electrons. The van der Waals surface area contributed by atoms with Gasteiger partial charge in [-0.1, -0.05) is 6.07 Å². The van der Waals surface area contributed by atoms with Crippen LogP contribution in [-0.4, -0.2) is 42.9 Å². The molecule has 1 aromatic rings. The van der Waals surface area contributed by atoms with Crippen LogP contribution >= 0.6 is 0 Å². The largest absolute Gasteiger partial charge is 0.346 e. The summed E-state index contributed by atoms with van der Waals surface area (Å²) in [5.74, 6) is -1.43. The molecule has 4 nitrogen and oxygen atoms in total. The van der Waals surface area contributed by atoms with Crippen molar-refractivity contribution in [3.63, 3.8) is 0 Å². The van der Waals surface area contributed by atoms with Crippen LogP contribution in [0.2, 0.25) is 0 Å². The fourth-order valence-electron chi connectivity index (χ4n) is 2.86. The molecule has 0 atom stereocenters. The molecule has 1 aromatic carbocycles. The maximum absolute atomic E-state index is 13.9. The van der Waals surface area contributed by atoms with E-state index in [0.717, 1.165) is 18.4 Å². The Morgan fingerprint density at radius 3 is 2.80 bits per heavy atom. The maximum Gasteiger partial charge on any atom is 0.257 e. The van der Waals surface area contributed by atoms with Crippen molar-refractivity contribution in [2.24, 2.45) is 0 Å². The lowest BCUT2D eigenvalue weighted by Gasteiger charge is -2.38. The summed E-state index contributed by atoms with van der Waals surface area (Å²) in [6.07, 6.45) is 1.59. The average Bonchev–Trinajstić information content (AvgIpc) is 2.86. The predicted octanol–water partition coefficient (Wildman–Crippen LogP) is 2.11. The number of amides is 1. The van der Waals surface area contributed by atoms with Gasteiger partial charge < -0.3 is 14.4 Å². The number of nitrogens with zero attached hydrogens (tertiary/aromatic N) is 1. The molecule has 0 radical (unpaired) electrons. The second-order valence-electron chi connectivity index (χ2n) is 5.42. The summed E-state index contributed by atoms with van der Waals surface area (Å²) in [6.45, 7) is 3.90. The van der Waals surface area contributed by atoms with Gasteiger partial charge in [0.05, 0.1) is 25.3 Å². The van der Waals surface area contributed by atoms with Crippen molar-refractivity contribution in [3.8, 4) is 0 Å². The number of hydrogen-bond acceptors (Lipinski definition) is 3. The number of ether oxygens (including phenoxy) is 2. The smallest absolute Gasteiger partial charge is 0.257 e. The molecule has 5 heteroatoms. The zero-order valence-electron chi connectivity index (χ0n) is 11.5. The SMILES string of the molecule is Cc1ccc(C(=O)N2CCCC3(C2)OCCO3)c(F)c1. The van der Waals surface area contributed by atoms with Gasteiger partial charge in [0, 0.05) is 13.0 Å². The van der Waals surface area contributed by atoms with Crippen LogP contribution in [0, 0.1) is 12.7 Å². The van der Waals surface area contributed by atoms with E-state index in [-0.39, 0.29) is 11.5 Å². The van der Waals surface area contributed by atoms with E-state index in [9.17, 15) is 9.18 Å². The number of piperidine rings is 1. The highest BCUT2D eigenvalue weighted by molar-refractivity contribution is 5.94. The Balaban J connectivity index is 1.79. The van der Waals surface area contributed by atoms with Crippen LogP contribution < -0.4 is 0 Å². The minimum Gasteiger partial charge on any atom is -0.346 e. The van der Waals surface area contributed by atoms with Crippen LogP contribution in [-0.2, 0) is 9.47 Å². The lowest BCUT2D eigenvalue weighted by molar-refractivity contribution is -0.183. The molecule has 0 aliphatic carbocycles. The van der Waals surface area contributed by atoms with Crippen molar-refractivity contribution in [1.29, 1.82) is 0 Å². The second-order valence-corrected chi connectivity index (χ2v) is 5.42. The summed E-state index contributed by atoms with van der Waals surface area (Å²) in [6, 6.07) is 4.68. The van der Waals surface area contributed by atoms with Crippen LogP contribution in [0.4, 0.5) is 4.39 Å². The predicted molar refractivity (Wildman–Crippen MR) is 70.9 cm³/mol. The molecule has 2 heterocycles. The highest BCUT2D eigenvalue weighted by atomic mass is 19.1. The van der Waals surface area contributed by atoms with Crippen molar-refractivity contribution in [3.05, 3.63) is 35.1 Å². The van der Waals surface area contributed by atoms with Gasteiger partial charge in [-0.05, 0) is 31.0 Å². The van der Waals surface area contributed by atoms with Crippen LogP contribution in [0.5, 0.6) is 0 Å². The van der Waals surface area contributed by atoms with Crippen molar-refractivity contribution < 1.29 is 18.7 Å². The summed E-state index contributed by atoms with van der Waals surface area (Å²) in [4.78, 5) is 14.1. The third kappa shape index (κ3) is 2.43. The number of rotatable bonds is 1. The highest BCUT2D eigenvalue weighted by Crippen LogP contribution is 2.31. The number of halogens is 1. The monoisotopic (exact) mass is 279 g/mol. The van der Waals surface area contributed by atoms with Crippen LogP contribution in [0.25, 0.3) is 0 Å². The first kappa shape index (κ1) is 13.5. The molecule has 2 fully saturated rings. The van der Waals surface area contributed by atoms with E-state index in [0.29, 0.717) is 26.3 Å². The first-order chi connectivity index (χ1) is 9.60. The van der Waals surface area contributed by atoms with Crippen molar-refractivity contribution in [1.82, 2.24) is 4.90 Å². The molecular formula is C15H18FNO3. The molecule has 0 N–H and O–H groups in total. The molecule has 20 heavy (non-hydrogen) atoms. The summed E-state index contributed by atoms with van der Waals surface area (Å²) < 4.78 is 25.2. The van der Waals surface area contributed by atoms with E-state index in [1.807, 2.05) is 0 Å². The Morgan fingerprint density at radius 1 is 1.35 bits per heavy atom. The molecule has 1 spiro atoms. The number of aryl methyl sites for hydroxylation is 1. The maximum atomic E-state index is 13.9. The van der Waals surface area contributed by atoms with Gasteiger partial charge in [0.15, 0.2) is 5.79 Å².